The summed E-state index contributed by atoms with van der Waals surface area (Å²) in [5, 5.41) is 19.4. The maximum absolute atomic E-state index is 15.5. The Morgan fingerprint density at radius 2 is 1.82 bits per heavy atom. The molecule has 3 aromatic rings. The van der Waals surface area contributed by atoms with Crippen molar-refractivity contribution in [2.45, 2.75) is 64.0 Å². The van der Waals surface area contributed by atoms with Gasteiger partial charge in [-0.25, -0.2) is 23.9 Å². The average molecular weight is 764 g/mol. The fourth-order valence-corrected chi connectivity index (χ4v) is 7.48. The number of hydrogen-bond donors (Lipinski definition) is 2. The van der Waals surface area contributed by atoms with Gasteiger partial charge in [-0.2, -0.15) is 28.4 Å². The number of alkyl halides is 3. The zero-order chi connectivity index (χ0) is 38.6. The van der Waals surface area contributed by atoms with Gasteiger partial charge >= 0.3 is 12.2 Å². The van der Waals surface area contributed by atoms with Crippen molar-refractivity contribution in [2.75, 3.05) is 37.0 Å². The third kappa shape index (κ3) is 6.76. The van der Waals surface area contributed by atoms with Gasteiger partial charge in [0.2, 0.25) is 0 Å². The van der Waals surface area contributed by atoms with Crippen molar-refractivity contribution in [3.8, 4) is 6.01 Å². The van der Waals surface area contributed by atoms with Crippen LogP contribution in [0.5, 0.6) is 6.01 Å². The van der Waals surface area contributed by atoms with E-state index in [1.54, 1.807) is 16.9 Å². The first-order chi connectivity index (χ1) is 26.4. The van der Waals surface area contributed by atoms with Crippen molar-refractivity contribution in [2.24, 2.45) is 5.10 Å². The van der Waals surface area contributed by atoms with Crippen molar-refractivity contribution < 1.29 is 31.9 Å². The van der Waals surface area contributed by atoms with E-state index in [1.807, 2.05) is 12.2 Å². The Balaban J connectivity index is 1.08. The van der Waals surface area contributed by atoms with Crippen LogP contribution in [0.1, 0.15) is 48.7 Å². The lowest BCUT2D eigenvalue weighted by Crippen LogP contribution is -2.48. The van der Waals surface area contributed by atoms with Gasteiger partial charge in [0.25, 0.3) is 11.8 Å². The summed E-state index contributed by atoms with van der Waals surface area (Å²) in [6.45, 7) is 4.43. The van der Waals surface area contributed by atoms with Crippen LogP contribution in [0.25, 0.3) is 5.65 Å². The number of carbonyl (C=O) groups is 2. The van der Waals surface area contributed by atoms with Crippen LogP contribution in [-0.4, -0.2) is 113 Å². The van der Waals surface area contributed by atoms with Gasteiger partial charge in [0.1, 0.15) is 40.6 Å². The number of ether oxygens (including phenoxy) is 1. The van der Waals surface area contributed by atoms with E-state index in [4.69, 9.17) is 9.84 Å². The first-order valence-electron chi connectivity index (χ1n) is 17.7. The fraction of sp³-hybridized carbons (Fsp3) is 0.400. The first kappa shape index (κ1) is 35.8. The molecule has 0 radical (unpaired) electrons. The Kier molecular flexibility index (Phi) is 9.04. The van der Waals surface area contributed by atoms with E-state index in [-0.39, 0.29) is 71.5 Å². The van der Waals surface area contributed by atoms with Gasteiger partial charge in [-0.1, -0.05) is 0 Å². The third-order valence-electron chi connectivity index (χ3n) is 10.1. The van der Waals surface area contributed by atoms with E-state index in [2.05, 4.69) is 42.5 Å². The SMILES string of the molecule is COc1nccc(NC(=O)C2=CN(N3C=C(NC(=O)c4c(C)nn5ccc(N6CCC[C@H]6C(F)(F)F)nc45)C=C(F)C3)C3C=CC(N4CCC[C@@H]4C)=NN23)n1. The number of amides is 2. The van der Waals surface area contributed by atoms with Gasteiger partial charge in [0.15, 0.2) is 11.8 Å². The van der Waals surface area contributed by atoms with E-state index in [0.29, 0.717) is 12.3 Å². The summed E-state index contributed by atoms with van der Waals surface area (Å²) in [6, 6.07) is 1.58. The average Bonchev–Trinajstić information content (AvgIpc) is 3.95. The lowest BCUT2D eigenvalue weighted by atomic mass is 10.2. The molecule has 5 aliphatic rings. The molecule has 0 saturated carbocycles. The van der Waals surface area contributed by atoms with Crippen molar-refractivity contribution in [3.05, 3.63) is 83.6 Å². The van der Waals surface area contributed by atoms with E-state index in [9.17, 15) is 22.8 Å². The van der Waals surface area contributed by atoms with Crippen LogP contribution in [0.2, 0.25) is 0 Å². The molecular formula is C35H37F4N13O3. The number of aryl methyl sites for hydroxylation is 1. The predicted molar refractivity (Wildman–Crippen MR) is 190 cm³/mol. The summed E-state index contributed by atoms with van der Waals surface area (Å²) in [5.74, 6) is -0.878. The number of nitrogens with zero attached hydrogens (tertiary/aromatic N) is 11. The lowest BCUT2D eigenvalue weighted by molar-refractivity contribution is -0.146. The molecule has 8 heterocycles. The quantitative estimate of drug-likeness (QED) is 0.337. The molecule has 0 spiro atoms. The standard InChI is InChI=1S/C35H37F4N13O3/c1-20-6-4-13-48(20)28-8-9-29-51(19-24(52(29)46-28)32(53)42-26-10-12-40-34(43-26)55-3)47-17-22(36)16-23(18-47)41-33(54)30-21(2)45-50-15-11-27(44-31(30)50)49-14-5-7-25(49)35(37,38)39/h8-12,15-16,18-20,25,29H,4-7,13-14,17H2,1-3H3,(H,41,54)(H,40,42,43,53)/t20-,25-,29?/m0/s1. The number of anilines is 2. The Bertz CT molecular complexity index is 2200. The van der Waals surface area contributed by atoms with Gasteiger partial charge in [-0.05, 0) is 69.9 Å². The fourth-order valence-electron chi connectivity index (χ4n) is 7.48. The van der Waals surface area contributed by atoms with Gasteiger partial charge in [0.05, 0.1) is 31.2 Å². The number of nitrogens with one attached hydrogen (secondary N) is 2. The van der Waals surface area contributed by atoms with Crippen LogP contribution in [0.15, 0.2) is 77.5 Å². The Morgan fingerprint density at radius 3 is 2.58 bits per heavy atom. The van der Waals surface area contributed by atoms with Gasteiger partial charge in [-0.3, -0.25) is 19.6 Å². The second-order valence-corrected chi connectivity index (χ2v) is 13.7. The van der Waals surface area contributed by atoms with Crippen LogP contribution in [0.3, 0.4) is 0 Å². The van der Waals surface area contributed by atoms with E-state index in [0.717, 1.165) is 19.4 Å². The van der Waals surface area contributed by atoms with Crippen molar-refractivity contribution >= 4 is 34.9 Å². The monoisotopic (exact) mass is 763 g/mol. The highest BCUT2D eigenvalue weighted by Crippen LogP contribution is 2.36. The molecule has 5 aliphatic heterocycles. The number of likely N-dealkylation sites (tertiary alicyclic amines) is 1. The molecule has 0 bridgehead atoms. The van der Waals surface area contributed by atoms with Gasteiger partial charge in [0, 0.05) is 37.7 Å². The summed E-state index contributed by atoms with van der Waals surface area (Å²) < 4.78 is 63.2. The number of halogens is 4. The molecule has 16 nitrogen and oxygen atoms in total. The molecule has 8 rings (SSSR count). The highest BCUT2D eigenvalue weighted by Gasteiger charge is 2.47. The number of fused-ring (bicyclic) bond motifs is 2. The minimum absolute atomic E-state index is 0.0252. The highest BCUT2D eigenvalue weighted by atomic mass is 19.4. The van der Waals surface area contributed by atoms with Crippen molar-refractivity contribution in [3.63, 3.8) is 0 Å². The Hall–Kier alpha value is -6.21. The number of allylic oxidation sites excluding steroid dienone is 1. The molecule has 2 saturated heterocycles. The molecule has 20 heteroatoms. The number of aromatic nitrogens is 5. The molecule has 3 atom stereocenters. The van der Waals surface area contributed by atoms with Crippen LogP contribution in [-0.2, 0) is 4.79 Å². The molecule has 0 aromatic carbocycles. The Morgan fingerprint density at radius 1 is 1.02 bits per heavy atom. The second-order valence-electron chi connectivity index (χ2n) is 13.7. The molecule has 55 heavy (non-hydrogen) atoms. The maximum Gasteiger partial charge on any atom is 0.408 e. The summed E-state index contributed by atoms with van der Waals surface area (Å²) in [7, 11) is 1.41. The normalized spacial score (nSPS) is 22.5. The summed E-state index contributed by atoms with van der Waals surface area (Å²) in [5.41, 5.74) is 0.566. The minimum Gasteiger partial charge on any atom is -0.467 e. The number of amidine groups is 1. The molecule has 1 unspecified atom stereocenters. The van der Waals surface area contributed by atoms with Crippen molar-refractivity contribution in [1.29, 1.82) is 0 Å². The minimum atomic E-state index is -4.44. The molecule has 2 fully saturated rings. The Labute approximate surface area is 312 Å². The third-order valence-corrected chi connectivity index (χ3v) is 10.1. The van der Waals surface area contributed by atoms with Crippen LogP contribution in [0.4, 0.5) is 29.2 Å². The first-order valence-corrected chi connectivity index (χ1v) is 17.7. The lowest BCUT2D eigenvalue weighted by Gasteiger charge is -2.39. The molecule has 288 valence electrons. The topological polar surface area (TPSA) is 152 Å². The number of methoxy groups -OCH3 is 1. The largest absolute Gasteiger partial charge is 0.467 e. The molecule has 2 N–H and O–H groups in total. The smallest absolute Gasteiger partial charge is 0.408 e. The van der Waals surface area contributed by atoms with Crippen LogP contribution < -0.4 is 20.3 Å². The summed E-state index contributed by atoms with van der Waals surface area (Å²) in [6.07, 6.45) is 8.02. The number of hydrogen-bond acceptors (Lipinski definition) is 13. The molecule has 2 amide bonds. The van der Waals surface area contributed by atoms with Gasteiger partial charge in [-0.15, -0.1) is 0 Å². The molecule has 0 aliphatic carbocycles. The number of carbonyl (C=O) groups excluding carboxylic acids is 2. The van der Waals surface area contributed by atoms with E-state index < -0.39 is 36.0 Å². The second kappa shape index (κ2) is 13.9. The molecule has 3 aromatic heterocycles. The predicted octanol–water partition coefficient (Wildman–Crippen LogP) is 3.81. The van der Waals surface area contributed by atoms with Crippen LogP contribution >= 0.6 is 0 Å². The number of hydrazine groups is 1. The summed E-state index contributed by atoms with van der Waals surface area (Å²) >= 11 is 0. The van der Waals surface area contributed by atoms with E-state index >= 15 is 4.39 Å². The zero-order valence-corrected chi connectivity index (χ0v) is 30.0. The summed E-state index contributed by atoms with van der Waals surface area (Å²) in [4.78, 5) is 43.6. The van der Waals surface area contributed by atoms with E-state index in [1.165, 1.54) is 64.5 Å². The van der Waals surface area contributed by atoms with Crippen LogP contribution in [0, 0.1) is 6.92 Å². The van der Waals surface area contributed by atoms with Gasteiger partial charge < -0.3 is 25.2 Å². The highest BCUT2D eigenvalue weighted by molar-refractivity contribution is 6.04. The van der Waals surface area contributed by atoms with Crippen molar-refractivity contribution in [1.82, 2.24) is 49.8 Å². The zero-order valence-electron chi connectivity index (χ0n) is 30.0. The maximum atomic E-state index is 15.5. The number of hydrazone groups is 1. The number of rotatable bonds is 7. The molecular weight excluding hydrogens is 726 g/mol.